The van der Waals surface area contributed by atoms with Gasteiger partial charge in [-0.2, -0.15) is 0 Å². The molecule has 0 aliphatic rings. The van der Waals surface area contributed by atoms with Gasteiger partial charge in [-0.05, 0) is 24.6 Å². The molecule has 5 N–H and O–H groups in total. The number of halogens is 2. The lowest BCUT2D eigenvalue weighted by Gasteiger charge is -2.19. The summed E-state index contributed by atoms with van der Waals surface area (Å²) in [6, 6.07) is 5.24. The highest BCUT2D eigenvalue weighted by molar-refractivity contribution is 6.42. The molecule has 0 bridgehead atoms. The fourth-order valence-corrected chi connectivity index (χ4v) is 1.67. The number of aliphatic imine (C=N–C) groups is 1. The van der Waals surface area contributed by atoms with Gasteiger partial charge in [0.25, 0.3) is 0 Å². The molecule has 1 aromatic carbocycles. The van der Waals surface area contributed by atoms with Crippen LogP contribution in [0.15, 0.2) is 23.2 Å². The standard InChI is InChI=1S/C11H15Cl2N5/c1-2-18(10(14)15)11(16)17-6-7-3-4-8(12)9(13)5-7/h3-5H,2,6H2,1H3,(H3,14,15)(H2,16,17). The molecule has 0 aliphatic heterocycles. The topological polar surface area (TPSA) is 91.5 Å². The molecular weight excluding hydrogens is 273 g/mol. The lowest BCUT2D eigenvalue weighted by atomic mass is 10.2. The zero-order valence-corrected chi connectivity index (χ0v) is 11.5. The summed E-state index contributed by atoms with van der Waals surface area (Å²) in [6.45, 7) is 2.68. The molecule has 0 heterocycles. The molecule has 0 unspecified atom stereocenters. The first-order chi connectivity index (χ1) is 8.45. The van der Waals surface area contributed by atoms with Crippen molar-refractivity contribution < 1.29 is 0 Å². The first-order valence-electron chi connectivity index (χ1n) is 5.31. The number of hydrogen-bond acceptors (Lipinski definition) is 2. The average Bonchev–Trinajstić information content (AvgIpc) is 2.31. The van der Waals surface area contributed by atoms with Crippen molar-refractivity contribution in [2.45, 2.75) is 13.5 Å². The zero-order valence-electron chi connectivity index (χ0n) is 9.95. The highest BCUT2D eigenvalue weighted by Gasteiger charge is 2.07. The number of nitrogens with two attached hydrogens (primary N) is 2. The number of hydrogen-bond donors (Lipinski definition) is 3. The lowest BCUT2D eigenvalue weighted by Crippen LogP contribution is -2.45. The summed E-state index contributed by atoms with van der Waals surface area (Å²) in [4.78, 5) is 5.56. The summed E-state index contributed by atoms with van der Waals surface area (Å²) in [5.74, 6) is 0.0731. The number of benzene rings is 1. The van der Waals surface area contributed by atoms with Gasteiger partial charge >= 0.3 is 0 Å². The first-order valence-corrected chi connectivity index (χ1v) is 6.06. The first kappa shape index (κ1) is 14.6. The van der Waals surface area contributed by atoms with Crippen molar-refractivity contribution in [2.24, 2.45) is 16.5 Å². The Bertz CT molecular complexity index is 473. The van der Waals surface area contributed by atoms with E-state index in [4.69, 9.17) is 40.1 Å². The van der Waals surface area contributed by atoms with Crippen LogP contribution in [0.1, 0.15) is 12.5 Å². The van der Waals surface area contributed by atoms with Crippen molar-refractivity contribution in [3.05, 3.63) is 33.8 Å². The Hall–Kier alpha value is -1.46. The number of nitrogens with one attached hydrogen (secondary N) is 1. The van der Waals surface area contributed by atoms with E-state index in [1.54, 1.807) is 12.1 Å². The van der Waals surface area contributed by atoms with E-state index in [-0.39, 0.29) is 11.9 Å². The fourth-order valence-electron chi connectivity index (χ4n) is 1.35. The summed E-state index contributed by atoms with van der Waals surface area (Å²) in [5, 5.41) is 8.30. The quantitative estimate of drug-likeness (QED) is 0.587. The molecule has 5 nitrogen and oxygen atoms in total. The Morgan fingerprint density at radius 1 is 1.33 bits per heavy atom. The van der Waals surface area contributed by atoms with Crippen LogP contribution in [0, 0.1) is 5.41 Å². The molecule has 18 heavy (non-hydrogen) atoms. The molecule has 0 saturated heterocycles. The van der Waals surface area contributed by atoms with Crippen LogP contribution in [-0.2, 0) is 6.54 Å². The summed E-state index contributed by atoms with van der Waals surface area (Å²) in [7, 11) is 0. The molecule has 0 fully saturated rings. The van der Waals surface area contributed by atoms with Crippen LogP contribution < -0.4 is 11.5 Å². The van der Waals surface area contributed by atoms with Crippen LogP contribution in [0.25, 0.3) is 0 Å². The van der Waals surface area contributed by atoms with Gasteiger partial charge in [0.2, 0.25) is 0 Å². The third-order valence-electron chi connectivity index (χ3n) is 2.29. The molecule has 1 rings (SSSR count). The molecule has 0 aliphatic carbocycles. The monoisotopic (exact) mass is 287 g/mol. The van der Waals surface area contributed by atoms with Crippen molar-refractivity contribution in [2.75, 3.05) is 6.54 Å². The van der Waals surface area contributed by atoms with E-state index in [2.05, 4.69) is 4.99 Å². The van der Waals surface area contributed by atoms with Crippen LogP contribution in [0.4, 0.5) is 0 Å². The second-order valence-electron chi connectivity index (χ2n) is 3.55. The highest BCUT2D eigenvalue weighted by Crippen LogP contribution is 2.22. The second-order valence-corrected chi connectivity index (χ2v) is 4.37. The Balaban J connectivity index is 2.78. The van der Waals surface area contributed by atoms with E-state index >= 15 is 0 Å². The normalized spacial score (nSPS) is 11.4. The van der Waals surface area contributed by atoms with Gasteiger partial charge in [0.1, 0.15) is 0 Å². The smallest absolute Gasteiger partial charge is 0.198 e. The second kappa shape index (κ2) is 6.47. The van der Waals surface area contributed by atoms with Gasteiger partial charge in [-0.25, -0.2) is 4.99 Å². The minimum atomic E-state index is -0.132. The van der Waals surface area contributed by atoms with E-state index < -0.39 is 0 Å². The Labute approximate surface area is 116 Å². The third-order valence-corrected chi connectivity index (χ3v) is 3.03. The third kappa shape index (κ3) is 3.78. The van der Waals surface area contributed by atoms with Crippen LogP contribution >= 0.6 is 23.2 Å². The number of rotatable bonds is 3. The molecule has 0 atom stereocenters. The van der Waals surface area contributed by atoms with Gasteiger partial charge in [0.15, 0.2) is 11.9 Å². The fraction of sp³-hybridized carbons (Fsp3) is 0.273. The molecule has 0 radical (unpaired) electrons. The Morgan fingerprint density at radius 3 is 2.50 bits per heavy atom. The Morgan fingerprint density at radius 2 is 2.00 bits per heavy atom. The minimum absolute atomic E-state index is 0.132. The van der Waals surface area contributed by atoms with Crippen molar-refractivity contribution in [1.29, 1.82) is 5.41 Å². The van der Waals surface area contributed by atoms with Gasteiger partial charge in [-0.15, -0.1) is 0 Å². The van der Waals surface area contributed by atoms with Crippen LogP contribution in [-0.4, -0.2) is 23.4 Å². The van der Waals surface area contributed by atoms with Crippen LogP contribution in [0.5, 0.6) is 0 Å². The highest BCUT2D eigenvalue weighted by atomic mass is 35.5. The van der Waals surface area contributed by atoms with Crippen LogP contribution in [0.2, 0.25) is 10.0 Å². The average molecular weight is 288 g/mol. The van der Waals surface area contributed by atoms with Crippen molar-refractivity contribution in [3.63, 3.8) is 0 Å². The van der Waals surface area contributed by atoms with Crippen molar-refractivity contribution in [3.8, 4) is 0 Å². The van der Waals surface area contributed by atoms with Gasteiger partial charge in [0.05, 0.1) is 16.6 Å². The van der Waals surface area contributed by atoms with E-state index in [0.29, 0.717) is 23.1 Å². The van der Waals surface area contributed by atoms with Crippen molar-refractivity contribution in [1.82, 2.24) is 4.90 Å². The minimum Gasteiger partial charge on any atom is -0.370 e. The predicted molar refractivity (Wildman–Crippen MR) is 76.1 cm³/mol. The van der Waals surface area contributed by atoms with E-state index in [9.17, 15) is 0 Å². The molecule has 98 valence electrons. The van der Waals surface area contributed by atoms with Gasteiger partial charge in [0, 0.05) is 6.54 Å². The summed E-state index contributed by atoms with van der Waals surface area (Å²) in [5.41, 5.74) is 12.0. The number of guanidine groups is 2. The van der Waals surface area contributed by atoms with E-state index in [1.165, 1.54) is 4.90 Å². The predicted octanol–water partition coefficient (Wildman–Crippen LogP) is 2.02. The van der Waals surface area contributed by atoms with E-state index in [1.807, 2.05) is 13.0 Å². The summed E-state index contributed by atoms with van der Waals surface area (Å²) in [6.07, 6.45) is 0. The summed E-state index contributed by atoms with van der Waals surface area (Å²) < 4.78 is 0. The molecule has 1 aromatic rings. The molecule has 0 amide bonds. The molecule has 0 spiro atoms. The maximum Gasteiger partial charge on any atom is 0.198 e. The molecule has 0 aromatic heterocycles. The lowest BCUT2D eigenvalue weighted by molar-refractivity contribution is 0.618. The number of nitrogens with zero attached hydrogens (tertiary/aromatic N) is 2. The van der Waals surface area contributed by atoms with Gasteiger partial charge in [-0.3, -0.25) is 10.3 Å². The largest absolute Gasteiger partial charge is 0.370 e. The molecule has 7 heteroatoms. The van der Waals surface area contributed by atoms with Crippen molar-refractivity contribution >= 4 is 35.1 Å². The molecular formula is C11H15Cl2N5. The maximum absolute atomic E-state index is 7.33. The van der Waals surface area contributed by atoms with E-state index in [0.717, 1.165) is 5.56 Å². The van der Waals surface area contributed by atoms with Gasteiger partial charge < -0.3 is 11.5 Å². The molecule has 0 saturated carbocycles. The zero-order chi connectivity index (χ0) is 13.7. The Kier molecular flexibility index (Phi) is 5.25. The summed E-state index contributed by atoms with van der Waals surface area (Å²) >= 11 is 11.7. The maximum atomic E-state index is 7.33. The van der Waals surface area contributed by atoms with Gasteiger partial charge in [-0.1, -0.05) is 29.3 Å². The SMILES string of the molecule is CCN(C(=N)N)C(N)=NCc1ccc(Cl)c(Cl)c1. The van der Waals surface area contributed by atoms with Crippen LogP contribution in [0.3, 0.4) is 0 Å².